The van der Waals surface area contributed by atoms with Gasteiger partial charge < -0.3 is 19.3 Å². The zero-order valence-electron chi connectivity index (χ0n) is 14.1. The fourth-order valence-electron chi connectivity index (χ4n) is 2.62. The summed E-state index contributed by atoms with van der Waals surface area (Å²) < 4.78 is 16.6. The highest BCUT2D eigenvalue weighted by Gasteiger charge is 2.16. The topological polar surface area (TPSA) is 69.4 Å². The van der Waals surface area contributed by atoms with Gasteiger partial charge in [-0.15, -0.1) is 11.3 Å². The fourth-order valence-corrected chi connectivity index (χ4v) is 3.54. The van der Waals surface area contributed by atoms with Crippen LogP contribution in [0.1, 0.15) is 12.7 Å². The quantitative estimate of drug-likeness (QED) is 0.755. The van der Waals surface area contributed by atoms with Gasteiger partial charge in [0.2, 0.25) is 0 Å². The first-order chi connectivity index (χ1) is 12.2. The third kappa shape index (κ3) is 3.38. The van der Waals surface area contributed by atoms with Gasteiger partial charge in [-0.2, -0.15) is 4.98 Å². The molecule has 0 spiro atoms. The molecule has 1 aliphatic rings. The minimum atomic E-state index is 0.307. The number of nitrogens with zero attached hydrogens (tertiary/aromatic N) is 2. The first kappa shape index (κ1) is 16.1. The predicted molar refractivity (Wildman–Crippen MR) is 96.3 cm³/mol. The van der Waals surface area contributed by atoms with Crippen molar-refractivity contribution in [2.75, 3.05) is 20.3 Å². The Morgan fingerprint density at radius 1 is 1.12 bits per heavy atom. The maximum Gasteiger partial charge on any atom is 0.268 e. The Labute approximate surface area is 149 Å². The van der Waals surface area contributed by atoms with E-state index in [9.17, 15) is 0 Å². The summed E-state index contributed by atoms with van der Waals surface area (Å²) >= 11 is 1.62. The molecule has 1 N–H and O–H groups in total. The minimum absolute atomic E-state index is 0.307. The van der Waals surface area contributed by atoms with Gasteiger partial charge in [-0.05, 0) is 49.9 Å². The molecule has 6 nitrogen and oxygen atoms in total. The molecule has 0 radical (unpaired) electrons. The van der Waals surface area contributed by atoms with Gasteiger partial charge in [0, 0.05) is 17.3 Å². The van der Waals surface area contributed by atoms with E-state index in [1.54, 1.807) is 11.3 Å². The molecule has 0 saturated heterocycles. The van der Waals surface area contributed by atoms with Gasteiger partial charge in [-0.1, -0.05) is 5.16 Å². The van der Waals surface area contributed by atoms with Crippen molar-refractivity contribution >= 4 is 11.3 Å². The minimum Gasteiger partial charge on any atom is -0.486 e. The lowest BCUT2D eigenvalue weighted by atomic mass is 10.1. The lowest BCUT2D eigenvalue weighted by Gasteiger charge is -2.18. The van der Waals surface area contributed by atoms with E-state index in [4.69, 9.17) is 14.0 Å². The Kier molecular flexibility index (Phi) is 4.42. The number of likely N-dealkylation sites (N-methyl/N-ethyl adjacent to an activating group) is 1. The average Bonchev–Trinajstić information content (AvgIpc) is 3.30. The summed E-state index contributed by atoms with van der Waals surface area (Å²) in [5.74, 6) is 2.87. The molecule has 0 bridgehead atoms. The molecule has 2 aromatic heterocycles. The first-order valence-electron chi connectivity index (χ1n) is 8.23. The lowest BCUT2D eigenvalue weighted by Crippen LogP contribution is -2.24. The standard InChI is InChI=1S/C18H19N3O3S/c1-11(19-2)9-17-20-18(24-21-17)16-6-5-15(25-16)12-3-4-13-14(10-12)23-8-7-22-13/h3-6,10-11,19H,7-9H2,1-2H3. The number of hydrogen-bond donors (Lipinski definition) is 1. The van der Waals surface area contributed by atoms with Crippen LogP contribution in [0.2, 0.25) is 0 Å². The average molecular weight is 357 g/mol. The van der Waals surface area contributed by atoms with Crippen molar-refractivity contribution in [2.45, 2.75) is 19.4 Å². The largest absolute Gasteiger partial charge is 0.486 e. The van der Waals surface area contributed by atoms with Crippen LogP contribution in [-0.4, -0.2) is 36.4 Å². The highest BCUT2D eigenvalue weighted by atomic mass is 32.1. The fraction of sp³-hybridized carbons (Fsp3) is 0.333. The normalized spacial score (nSPS) is 14.5. The van der Waals surface area contributed by atoms with E-state index in [0.29, 0.717) is 31.0 Å². The molecule has 1 unspecified atom stereocenters. The first-order valence-corrected chi connectivity index (χ1v) is 9.04. The van der Waals surface area contributed by atoms with Gasteiger partial charge in [0.1, 0.15) is 13.2 Å². The second kappa shape index (κ2) is 6.85. The van der Waals surface area contributed by atoms with Crippen molar-refractivity contribution in [2.24, 2.45) is 0 Å². The van der Waals surface area contributed by atoms with Gasteiger partial charge in [0.15, 0.2) is 17.3 Å². The molecule has 4 rings (SSSR count). The summed E-state index contributed by atoms with van der Waals surface area (Å²) in [6, 6.07) is 10.4. The molecule has 130 valence electrons. The van der Waals surface area contributed by atoms with Crippen LogP contribution < -0.4 is 14.8 Å². The lowest BCUT2D eigenvalue weighted by molar-refractivity contribution is 0.171. The molecule has 0 fully saturated rings. The second-order valence-electron chi connectivity index (χ2n) is 5.93. The Morgan fingerprint density at radius 2 is 1.92 bits per heavy atom. The maximum absolute atomic E-state index is 5.66. The molecule has 1 aliphatic heterocycles. The molecule has 25 heavy (non-hydrogen) atoms. The summed E-state index contributed by atoms with van der Waals surface area (Å²) in [6.45, 7) is 3.27. The molecular formula is C18H19N3O3S. The van der Waals surface area contributed by atoms with E-state index in [1.807, 2.05) is 31.3 Å². The number of benzene rings is 1. The van der Waals surface area contributed by atoms with Gasteiger partial charge >= 0.3 is 0 Å². The van der Waals surface area contributed by atoms with Crippen LogP contribution in [0.3, 0.4) is 0 Å². The number of nitrogens with one attached hydrogen (secondary N) is 1. The number of thiophene rings is 1. The van der Waals surface area contributed by atoms with Crippen LogP contribution in [0.15, 0.2) is 34.9 Å². The summed E-state index contributed by atoms with van der Waals surface area (Å²) in [6.07, 6.45) is 0.737. The van der Waals surface area contributed by atoms with Crippen molar-refractivity contribution in [1.82, 2.24) is 15.5 Å². The highest BCUT2D eigenvalue weighted by molar-refractivity contribution is 7.18. The predicted octanol–water partition coefficient (Wildman–Crippen LogP) is 3.39. The van der Waals surface area contributed by atoms with Crippen molar-refractivity contribution in [3.63, 3.8) is 0 Å². The van der Waals surface area contributed by atoms with Crippen LogP contribution in [0.25, 0.3) is 21.2 Å². The molecule has 3 heterocycles. The molecule has 1 atom stereocenters. The van der Waals surface area contributed by atoms with E-state index in [-0.39, 0.29) is 0 Å². The molecule has 3 aromatic rings. The van der Waals surface area contributed by atoms with Crippen molar-refractivity contribution < 1.29 is 14.0 Å². The molecular weight excluding hydrogens is 338 g/mol. The third-order valence-electron chi connectivity index (χ3n) is 4.09. The maximum atomic E-state index is 5.66. The van der Waals surface area contributed by atoms with Gasteiger partial charge in [0.05, 0.1) is 4.88 Å². The zero-order chi connectivity index (χ0) is 17.2. The summed E-state index contributed by atoms with van der Waals surface area (Å²) in [4.78, 5) is 6.57. The Hall–Kier alpha value is -2.38. The van der Waals surface area contributed by atoms with Gasteiger partial charge in [0.25, 0.3) is 5.89 Å². The number of ether oxygens (including phenoxy) is 2. The second-order valence-corrected chi connectivity index (χ2v) is 7.02. The van der Waals surface area contributed by atoms with Crippen LogP contribution in [0, 0.1) is 0 Å². The van der Waals surface area contributed by atoms with E-state index >= 15 is 0 Å². The SMILES string of the molecule is CNC(C)Cc1noc(-c2ccc(-c3ccc4c(c3)OCCO4)s2)n1. The van der Waals surface area contributed by atoms with Gasteiger partial charge in [-0.25, -0.2) is 0 Å². The van der Waals surface area contributed by atoms with Crippen LogP contribution in [-0.2, 0) is 6.42 Å². The van der Waals surface area contributed by atoms with Crippen molar-refractivity contribution in [1.29, 1.82) is 0 Å². The van der Waals surface area contributed by atoms with Gasteiger partial charge in [-0.3, -0.25) is 0 Å². The molecule has 7 heteroatoms. The summed E-state index contributed by atoms with van der Waals surface area (Å²) in [5, 5.41) is 7.24. The van der Waals surface area contributed by atoms with E-state index < -0.39 is 0 Å². The number of fused-ring (bicyclic) bond motifs is 1. The monoisotopic (exact) mass is 357 g/mol. The smallest absolute Gasteiger partial charge is 0.268 e. The number of aromatic nitrogens is 2. The number of hydrogen-bond acceptors (Lipinski definition) is 7. The third-order valence-corrected chi connectivity index (χ3v) is 5.22. The van der Waals surface area contributed by atoms with E-state index in [1.165, 1.54) is 0 Å². The van der Waals surface area contributed by atoms with E-state index in [0.717, 1.165) is 33.2 Å². The van der Waals surface area contributed by atoms with Crippen molar-refractivity contribution in [3.8, 4) is 32.7 Å². The van der Waals surface area contributed by atoms with Crippen LogP contribution in [0.5, 0.6) is 11.5 Å². The van der Waals surface area contributed by atoms with Crippen molar-refractivity contribution in [3.05, 3.63) is 36.2 Å². The zero-order valence-corrected chi connectivity index (χ0v) is 14.9. The Bertz CT molecular complexity index is 874. The number of rotatable bonds is 5. The molecule has 0 aliphatic carbocycles. The van der Waals surface area contributed by atoms with Crippen LogP contribution in [0.4, 0.5) is 0 Å². The summed E-state index contributed by atoms with van der Waals surface area (Å²) in [7, 11) is 1.92. The molecule has 0 amide bonds. The van der Waals surface area contributed by atoms with E-state index in [2.05, 4.69) is 28.4 Å². The molecule has 1 aromatic carbocycles. The molecule has 0 saturated carbocycles. The Morgan fingerprint density at radius 3 is 2.76 bits per heavy atom. The highest BCUT2D eigenvalue weighted by Crippen LogP contribution is 2.38. The summed E-state index contributed by atoms with van der Waals surface area (Å²) in [5.41, 5.74) is 1.09. The van der Waals surface area contributed by atoms with Crippen LogP contribution >= 0.6 is 11.3 Å². The Balaban J connectivity index is 1.56.